The van der Waals surface area contributed by atoms with Crippen molar-refractivity contribution >= 4 is 5.91 Å². The predicted octanol–water partition coefficient (Wildman–Crippen LogP) is 4.55. The molecule has 3 aromatic rings. The average molecular weight is 519 g/mol. The molecule has 0 radical (unpaired) electrons. The SMILES string of the molecule is CN(C(=O)C#Cc1ccccc1)[C@@H]1CC[C@H]2[C@H]3Cc4c(O)ccc5c4[C@@]2(CCN3CCc2ccccc2)C1O5. The van der Waals surface area contributed by atoms with Crippen LogP contribution in [0.4, 0.5) is 0 Å². The predicted molar refractivity (Wildman–Crippen MR) is 151 cm³/mol. The first-order chi connectivity index (χ1) is 19.1. The van der Waals surface area contributed by atoms with E-state index in [1.54, 1.807) is 6.07 Å². The van der Waals surface area contributed by atoms with E-state index in [0.29, 0.717) is 17.7 Å². The second-order valence-corrected chi connectivity index (χ2v) is 11.6. The molecule has 1 saturated carbocycles. The van der Waals surface area contributed by atoms with E-state index in [4.69, 9.17) is 4.74 Å². The Balaban J connectivity index is 1.20. The van der Waals surface area contributed by atoms with Gasteiger partial charge in [-0.15, -0.1) is 0 Å². The molecule has 39 heavy (non-hydrogen) atoms. The number of piperidine rings is 1. The number of aromatic hydroxyl groups is 1. The first-order valence-electron chi connectivity index (χ1n) is 14.2. The standard InChI is InChI=1S/C34H34N2O3/c1-35(31(38)17-12-23-8-4-2-5-9-23)27-14-13-26-28-22-25-29(37)15-16-30-32(25)34(26,33(27)39-30)19-21-36(28)20-18-24-10-6-3-7-11-24/h2-11,15-16,26-28,33,37H,13-14,18-22H2,1H3/t26-,27+,28+,33?,34-/m0/s1. The maximum atomic E-state index is 13.3. The van der Waals surface area contributed by atoms with Crippen LogP contribution in [0, 0.1) is 17.8 Å². The maximum absolute atomic E-state index is 13.3. The first-order valence-corrected chi connectivity index (χ1v) is 14.2. The Morgan fingerprint density at radius 1 is 1.08 bits per heavy atom. The number of carbonyl (C=O) groups is 1. The smallest absolute Gasteiger partial charge is 0.298 e. The van der Waals surface area contributed by atoms with Crippen LogP contribution in [0.1, 0.15) is 41.5 Å². The zero-order valence-corrected chi connectivity index (χ0v) is 22.3. The Kier molecular flexibility index (Phi) is 5.90. The van der Waals surface area contributed by atoms with Gasteiger partial charge in [-0.05, 0) is 74.4 Å². The van der Waals surface area contributed by atoms with Crippen LogP contribution in [0.2, 0.25) is 0 Å². The van der Waals surface area contributed by atoms with Gasteiger partial charge in [0.1, 0.15) is 17.6 Å². The van der Waals surface area contributed by atoms with Gasteiger partial charge in [-0.2, -0.15) is 0 Å². The van der Waals surface area contributed by atoms with Crippen molar-refractivity contribution in [2.24, 2.45) is 5.92 Å². The maximum Gasteiger partial charge on any atom is 0.298 e. The Morgan fingerprint density at radius 2 is 1.85 bits per heavy atom. The Morgan fingerprint density at radius 3 is 2.64 bits per heavy atom. The Bertz CT molecular complexity index is 1460. The van der Waals surface area contributed by atoms with Crippen molar-refractivity contribution < 1.29 is 14.6 Å². The minimum Gasteiger partial charge on any atom is -0.508 e. The highest BCUT2D eigenvalue weighted by Gasteiger charge is 2.66. The molecule has 1 saturated heterocycles. The first kappa shape index (κ1) is 24.3. The molecule has 1 spiro atoms. The molecule has 198 valence electrons. The third-order valence-corrected chi connectivity index (χ3v) is 9.86. The van der Waals surface area contributed by atoms with Gasteiger partial charge in [0.15, 0.2) is 0 Å². The third kappa shape index (κ3) is 3.85. The van der Waals surface area contributed by atoms with Crippen molar-refractivity contribution in [1.29, 1.82) is 0 Å². The number of likely N-dealkylation sites (N-methyl/N-ethyl adjacent to an activating group) is 1. The van der Waals surface area contributed by atoms with Crippen LogP contribution in [0.5, 0.6) is 11.5 Å². The summed E-state index contributed by atoms with van der Waals surface area (Å²) in [5.74, 6) is 7.45. The van der Waals surface area contributed by atoms with Gasteiger partial charge in [0.2, 0.25) is 0 Å². The Labute approximate surface area is 230 Å². The molecule has 1 amide bonds. The van der Waals surface area contributed by atoms with E-state index in [0.717, 1.165) is 62.1 Å². The average Bonchev–Trinajstić information content (AvgIpc) is 3.31. The summed E-state index contributed by atoms with van der Waals surface area (Å²) in [6, 6.07) is 24.4. The number of hydrogen-bond acceptors (Lipinski definition) is 4. The molecule has 5 atom stereocenters. The molecular weight excluding hydrogens is 484 g/mol. The van der Waals surface area contributed by atoms with E-state index in [2.05, 4.69) is 47.1 Å². The number of ether oxygens (including phenoxy) is 1. The summed E-state index contributed by atoms with van der Waals surface area (Å²) in [7, 11) is 1.88. The Hall–Kier alpha value is -3.75. The molecule has 2 heterocycles. The van der Waals surface area contributed by atoms with Gasteiger partial charge >= 0.3 is 0 Å². The monoisotopic (exact) mass is 518 g/mol. The van der Waals surface area contributed by atoms with Gasteiger partial charge in [0.05, 0.1) is 6.04 Å². The van der Waals surface area contributed by atoms with Gasteiger partial charge in [-0.3, -0.25) is 9.69 Å². The van der Waals surface area contributed by atoms with Crippen molar-refractivity contribution in [3.8, 4) is 23.3 Å². The number of phenolic OH excluding ortho intramolecular Hbond substituents is 1. The molecule has 7 rings (SSSR count). The fraction of sp³-hybridized carbons (Fsp3) is 0.382. The lowest BCUT2D eigenvalue weighted by molar-refractivity contribution is -0.134. The van der Waals surface area contributed by atoms with Crippen molar-refractivity contribution in [1.82, 2.24) is 9.80 Å². The van der Waals surface area contributed by atoms with E-state index < -0.39 is 0 Å². The summed E-state index contributed by atoms with van der Waals surface area (Å²) >= 11 is 0. The summed E-state index contributed by atoms with van der Waals surface area (Å²) in [6.45, 7) is 2.01. The molecule has 0 aromatic heterocycles. The molecular formula is C34H34N2O3. The largest absolute Gasteiger partial charge is 0.508 e. The van der Waals surface area contributed by atoms with Crippen molar-refractivity contribution in [2.45, 2.75) is 55.7 Å². The molecule has 1 N–H and O–H groups in total. The molecule has 2 bridgehead atoms. The normalized spacial score (nSPS) is 28.0. The molecule has 2 aliphatic carbocycles. The highest BCUT2D eigenvalue weighted by atomic mass is 16.5. The lowest BCUT2D eigenvalue weighted by atomic mass is 9.51. The number of hydrogen-bond donors (Lipinski definition) is 1. The van der Waals surface area contributed by atoms with E-state index in [-0.39, 0.29) is 23.5 Å². The minimum atomic E-state index is -0.181. The second-order valence-electron chi connectivity index (χ2n) is 11.6. The van der Waals surface area contributed by atoms with Gasteiger partial charge in [0.25, 0.3) is 5.91 Å². The number of likely N-dealkylation sites (tertiary alicyclic amines) is 1. The lowest BCUT2D eigenvalue weighted by Crippen LogP contribution is -2.69. The third-order valence-electron chi connectivity index (χ3n) is 9.86. The van der Waals surface area contributed by atoms with Crippen LogP contribution in [-0.2, 0) is 23.1 Å². The van der Waals surface area contributed by atoms with Gasteiger partial charge in [-0.1, -0.05) is 54.5 Å². The molecule has 5 nitrogen and oxygen atoms in total. The fourth-order valence-electron chi connectivity index (χ4n) is 8.09. The van der Waals surface area contributed by atoms with Crippen molar-refractivity contribution in [3.63, 3.8) is 0 Å². The fourth-order valence-corrected chi connectivity index (χ4v) is 8.09. The molecule has 5 heteroatoms. The lowest BCUT2D eigenvalue weighted by Gasteiger charge is -2.60. The number of carbonyl (C=O) groups excluding carboxylic acids is 1. The number of benzene rings is 3. The number of phenols is 1. The summed E-state index contributed by atoms with van der Waals surface area (Å²) < 4.78 is 6.77. The minimum absolute atomic E-state index is 0.0594. The second kappa shape index (κ2) is 9.47. The van der Waals surface area contributed by atoms with Crippen LogP contribution in [0.15, 0.2) is 72.8 Å². The van der Waals surface area contributed by atoms with Crippen molar-refractivity contribution in [2.75, 3.05) is 20.1 Å². The van der Waals surface area contributed by atoms with Gasteiger partial charge < -0.3 is 14.7 Å². The highest BCUT2D eigenvalue weighted by molar-refractivity contribution is 5.94. The number of rotatable bonds is 4. The zero-order chi connectivity index (χ0) is 26.6. The van der Waals surface area contributed by atoms with E-state index in [1.807, 2.05) is 48.3 Å². The molecule has 1 unspecified atom stereocenters. The summed E-state index contributed by atoms with van der Waals surface area (Å²) in [5, 5.41) is 11.0. The van der Waals surface area contributed by atoms with Crippen LogP contribution < -0.4 is 4.74 Å². The number of amides is 1. The highest BCUT2D eigenvalue weighted by Crippen LogP contribution is 2.63. The van der Waals surface area contributed by atoms with Crippen LogP contribution in [0.25, 0.3) is 0 Å². The van der Waals surface area contributed by atoms with Gasteiger partial charge in [0, 0.05) is 47.7 Å². The van der Waals surface area contributed by atoms with Crippen LogP contribution in [-0.4, -0.2) is 59.1 Å². The molecule has 3 aromatic carbocycles. The van der Waals surface area contributed by atoms with E-state index >= 15 is 0 Å². The zero-order valence-electron chi connectivity index (χ0n) is 22.3. The van der Waals surface area contributed by atoms with Gasteiger partial charge in [-0.25, -0.2) is 0 Å². The molecule has 4 aliphatic rings. The number of nitrogens with zero attached hydrogens (tertiary/aromatic N) is 2. The molecule has 2 fully saturated rings. The summed E-state index contributed by atoms with van der Waals surface area (Å²) in [6.07, 6.45) is 4.66. The quantitative estimate of drug-likeness (QED) is 0.515. The van der Waals surface area contributed by atoms with Crippen LogP contribution in [0.3, 0.4) is 0 Å². The van der Waals surface area contributed by atoms with Crippen molar-refractivity contribution in [3.05, 3.63) is 95.1 Å². The topological polar surface area (TPSA) is 53.0 Å². The summed E-state index contributed by atoms with van der Waals surface area (Å²) in [4.78, 5) is 17.8. The van der Waals surface area contributed by atoms with E-state index in [1.165, 1.54) is 11.1 Å². The van der Waals surface area contributed by atoms with Crippen LogP contribution >= 0.6 is 0 Å². The molecule has 2 aliphatic heterocycles. The van der Waals surface area contributed by atoms with E-state index in [9.17, 15) is 9.90 Å². The summed E-state index contributed by atoms with van der Waals surface area (Å²) in [5.41, 5.74) is 4.29.